The van der Waals surface area contributed by atoms with Gasteiger partial charge in [0.15, 0.2) is 0 Å². The van der Waals surface area contributed by atoms with Crippen LogP contribution in [0.1, 0.15) is 34.3 Å². The minimum Gasteiger partial charge on any atom is -0.493 e. The molecule has 1 aromatic heterocycles. The summed E-state index contributed by atoms with van der Waals surface area (Å²) in [6.45, 7) is 2.54. The molecule has 1 aliphatic rings. The van der Waals surface area contributed by atoms with E-state index in [9.17, 15) is 9.59 Å². The zero-order chi connectivity index (χ0) is 26.9. The van der Waals surface area contributed by atoms with Crippen molar-refractivity contribution < 1.29 is 14.3 Å². The molecule has 1 aliphatic heterocycles. The van der Waals surface area contributed by atoms with E-state index in [2.05, 4.69) is 27.8 Å². The van der Waals surface area contributed by atoms with E-state index in [-0.39, 0.29) is 11.9 Å². The molecule has 7 heteroatoms. The Morgan fingerprint density at radius 3 is 2.36 bits per heavy atom. The highest BCUT2D eigenvalue weighted by Crippen LogP contribution is 2.29. The molecule has 5 rings (SSSR count). The molecule has 2 heterocycles. The largest absolute Gasteiger partial charge is 0.493 e. The summed E-state index contributed by atoms with van der Waals surface area (Å²) in [7, 11) is 0. The number of urea groups is 1. The lowest BCUT2D eigenvalue weighted by molar-refractivity contribution is 0.0793. The molecule has 0 spiro atoms. The maximum Gasteiger partial charge on any atom is 0.319 e. The Labute approximate surface area is 228 Å². The standard InChI is InChI=1S/C32H32N4O3/c37-31(36-19-5-6-20-36)30-12-4-3-11-29(30)28-10-2-1-9-25(28)17-21-39-27-15-13-26(14-16-27)35-32(38)34-23-24-8-7-18-33-22-24/h1-4,7-16,18,22H,5-6,17,19-21,23H2,(H2,34,35,38). The van der Waals surface area contributed by atoms with Gasteiger partial charge in [-0.1, -0.05) is 48.5 Å². The highest BCUT2D eigenvalue weighted by atomic mass is 16.5. The van der Waals surface area contributed by atoms with Crippen molar-refractivity contribution >= 4 is 17.6 Å². The number of ether oxygens (including phenoxy) is 1. The average Bonchev–Trinajstić information content (AvgIpc) is 3.53. The number of nitrogens with zero attached hydrogens (tertiary/aromatic N) is 2. The molecule has 0 radical (unpaired) electrons. The van der Waals surface area contributed by atoms with Crippen molar-refractivity contribution in [2.45, 2.75) is 25.8 Å². The fourth-order valence-electron chi connectivity index (χ4n) is 4.77. The monoisotopic (exact) mass is 520 g/mol. The zero-order valence-electron chi connectivity index (χ0n) is 21.8. The molecule has 1 saturated heterocycles. The van der Waals surface area contributed by atoms with Crippen LogP contribution in [0.3, 0.4) is 0 Å². The van der Waals surface area contributed by atoms with Crippen molar-refractivity contribution in [3.63, 3.8) is 0 Å². The summed E-state index contributed by atoms with van der Waals surface area (Å²) in [5, 5.41) is 5.64. The predicted octanol–water partition coefficient (Wildman–Crippen LogP) is 5.93. The number of hydrogen-bond donors (Lipinski definition) is 2. The normalized spacial score (nSPS) is 12.7. The van der Waals surface area contributed by atoms with Crippen molar-refractivity contribution in [1.29, 1.82) is 0 Å². The smallest absolute Gasteiger partial charge is 0.319 e. The van der Waals surface area contributed by atoms with E-state index >= 15 is 0 Å². The van der Waals surface area contributed by atoms with Crippen molar-refractivity contribution in [2.24, 2.45) is 0 Å². The number of pyridine rings is 1. The summed E-state index contributed by atoms with van der Waals surface area (Å²) in [4.78, 5) is 31.4. The first-order valence-corrected chi connectivity index (χ1v) is 13.3. The second-order valence-electron chi connectivity index (χ2n) is 9.49. The molecule has 39 heavy (non-hydrogen) atoms. The quantitative estimate of drug-likeness (QED) is 0.287. The Balaban J connectivity index is 1.17. The number of amides is 3. The highest BCUT2D eigenvalue weighted by molar-refractivity contribution is 6.01. The Morgan fingerprint density at radius 1 is 0.846 bits per heavy atom. The van der Waals surface area contributed by atoms with Crippen molar-refractivity contribution in [3.8, 4) is 16.9 Å². The first kappa shape index (κ1) is 26.0. The van der Waals surface area contributed by atoms with E-state index in [1.807, 2.05) is 77.7 Å². The number of benzene rings is 3. The van der Waals surface area contributed by atoms with Gasteiger partial charge in [-0.3, -0.25) is 9.78 Å². The van der Waals surface area contributed by atoms with Gasteiger partial charge < -0.3 is 20.3 Å². The van der Waals surface area contributed by atoms with Gasteiger partial charge in [-0.25, -0.2) is 4.79 Å². The minimum absolute atomic E-state index is 0.105. The molecule has 3 aromatic carbocycles. The van der Waals surface area contributed by atoms with Crippen LogP contribution in [0.15, 0.2) is 97.3 Å². The summed E-state index contributed by atoms with van der Waals surface area (Å²) in [5.41, 5.74) is 5.50. The SMILES string of the molecule is O=C(NCc1cccnc1)Nc1ccc(OCCc2ccccc2-c2ccccc2C(=O)N2CCCC2)cc1. The Bertz CT molecular complexity index is 1400. The van der Waals surface area contributed by atoms with Crippen LogP contribution in [0.25, 0.3) is 11.1 Å². The van der Waals surface area contributed by atoms with Crippen LogP contribution >= 0.6 is 0 Å². The lowest BCUT2D eigenvalue weighted by Gasteiger charge is -2.19. The van der Waals surface area contributed by atoms with Crippen LogP contribution in [-0.4, -0.2) is 41.5 Å². The lowest BCUT2D eigenvalue weighted by Crippen LogP contribution is -2.28. The van der Waals surface area contributed by atoms with Gasteiger partial charge in [0.2, 0.25) is 0 Å². The van der Waals surface area contributed by atoms with Crippen LogP contribution in [0.4, 0.5) is 10.5 Å². The number of nitrogens with one attached hydrogen (secondary N) is 2. The van der Waals surface area contributed by atoms with Gasteiger partial charge in [0.05, 0.1) is 6.61 Å². The summed E-state index contributed by atoms with van der Waals surface area (Å²) >= 11 is 0. The number of likely N-dealkylation sites (tertiary alicyclic amines) is 1. The Kier molecular flexibility index (Phi) is 8.48. The summed E-state index contributed by atoms with van der Waals surface area (Å²) < 4.78 is 6.01. The Morgan fingerprint density at radius 2 is 1.59 bits per heavy atom. The van der Waals surface area contributed by atoms with Gasteiger partial charge in [0.1, 0.15) is 5.75 Å². The van der Waals surface area contributed by atoms with E-state index in [1.165, 1.54) is 0 Å². The molecule has 4 aromatic rings. The molecule has 0 saturated carbocycles. The number of anilines is 1. The molecular formula is C32H32N4O3. The first-order chi connectivity index (χ1) is 19.2. The maximum absolute atomic E-state index is 13.2. The third kappa shape index (κ3) is 6.82. The molecule has 2 N–H and O–H groups in total. The van der Waals surface area contributed by atoms with Gasteiger partial charge in [0.25, 0.3) is 5.91 Å². The van der Waals surface area contributed by atoms with Gasteiger partial charge in [-0.15, -0.1) is 0 Å². The van der Waals surface area contributed by atoms with Crippen molar-refractivity contribution in [1.82, 2.24) is 15.2 Å². The fourth-order valence-corrected chi connectivity index (χ4v) is 4.77. The highest BCUT2D eigenvalue weighted by Gasteiger charge is 2.22. The van der Waals surface area contributed by atoms with Crippen LogP contribution < -0.4 is 15.4 Å². The zero-order valence-corrected chi connectivity index (χ0v) is 21.8. The van der Waals surface area contributed by atoms with E-state index in [4.69, 9.17) is 4.74 Å². The van der Waals surface area contributed by atoms with Crippen molar-refractivity contribution in [2.75, 3.05) is 25.0 Å². The molecule has 7 nitrogen and oxygen atoms in total. The van der Waals surface area contributed by atoms with Gasteiger partial charge in [-0.05, 0) is 71.5 Å². The van der Waals surface area contributed by atoms with Crippen LogP contribution in [-0.2, 0) is 13.0 Å². The van der Waals surface area contributed by atoms with Crippen molar-refractivity contribution in [3.05, 3.63) is 114 Å². The van der Waals surface area contributed by atoms with Gasteiger partial charge in [-0.2, -0.15) is 0 Å². The number of hydrogen-bond acceptors (Lipinski definition) is 4. The van der Waals surface area contributed by atoms with Crippen LogP contribution in [0.2, 0.25) is 0 Å². The van der Waals surface area contributed by atoms with Crippen LogP contribution in [0, 0.1) is 0 Å². The third-order valence-electron chi connectivity index (χ3n) is 6.79. The van der Waals surface area contributed by atoms with E-state index in [0.29, 0.717) is 25.3 Å². The number of rotatable bonds is 9. The summed E-state index contributed by atoms with van der Waals surface area (Å²) in [6, 6.07) is 26.8. The van der Waals surface area contributed by atoms with Gasteiger partial charge in [0, 0.05) is 49.7 Å². The lowest BCUT2D eigenvalue weighted by atomic mass is 9.93. The summed E-state index contributed by atoms with van der Waals surface area (Å²) in [5.74, 6) is 0.826. The Hall–Kier alpha value is -4.65. The maximum atomic E-state index is 13.2. The number of carbonyl (C=O) groups is 2. The second-order valence-corrected chi connectivity index (χ2v) is 9.49. The average molecular weight is 521 g/mol. The minimum atomic E-state index is -0.285. The van der Waals surface area contributed by atoms with E-state index in [0.717, 1.165) is 59.5 Å². The molecule has 3 amide bonds. The number of aromatic nitrogens is 1. The third-order valence-corrected chi connectivity index (χ3v) is 6.79. The van der Waals surface area contributed by atoms with Gasteiger partial charge >= 0.3 is 6.03 Å². The van der Waals surface area contributed by atoms with E-state index in [1.54, 1.807) is 12.4 Å². The summed E-state index contributed by atoms with van der Waals surface area (Å²) in [6.07, 6.45) is 6.25. The molecular weight excluding hydrogens is 488 g/mol. The van der Waals surface area contributed by atoms with E-state index < -0.39 is 0 Å². The molecule has 0 bridgehead atoms. The molecule has 1 fully saturated rings. The molecule has 0 unspecified atom stereocenters. The molecule has 0 aliphatic carbocycles. The first-order valence-electron chi connectivity index (χ1n) is 13.3. The fraction of sp³-hybridized carbons (Fsp3) is 0.219. The van der Waals surface area contributed by atoms with Crippen LogP contribution in [0.5, 0.6) is 5.75 Å². The molecule has 0 atom stereocenters. The number of carbonyl (C=O) groups excluding carboxylic acids is 2. The molecule has 198 valence electrons. The second kappa shape index (κ2) is 12.7. The predicted molar refractivity (Wildman–Crippen MR) is 153 cm³/mol. The topological polar surface area (TPSA) is 83.6 Å².